The van der Waals surface area contributed by atoms with Gasteiger partial charge in [-0.15, -0.1) is 0 Å². The van der Waals surface area contributed by atoms with E-state index in [0.717, 1.165) is 44.9 Å². The number of esters is 2. The number of rotatable bonds is 20. The van der Waals surface area contributed by atoms with Crippen LogP contribution in [-0.2, 0) is 28.7 Å². The third kappa shape index (κ3) is 36.3. The van der Waals surface area contributed by atoms with Crippen molar-refractivity contribution < 1.29 is 86.6 Å². The summed E-state index contributed by atoms with van der Waals surface area (Å²) in [4.78, 5) is 48.4. The molecule has 0 aliphatic heterocycles. The van der Waals surface area contributed by atoms with Crippen molar-refractivity contribution in [2.24, 2.45) is 27.8 Å². The van der Waals surface area contributed by atoms with Gasteiger partial charge in [-0.3, -0.25) is 19.2 Å². The Hall–Kier alpha value is -1.70. The Morgan fingerprint density at radius 1 is 0.775 bits per heavy atom. The van der Waals surface area contributed by atoms with Crippen molar-refractivity contribution >= 4 is 23.7 Å². The minimum absolute atomic E-state index is 0. The fourth-order valence-electron chi connectivity index (χ4n) is 3.04. The number of nitrogens with two attached hydrogens (primary N) is 1. The maximum absolute atomic E-state index is 11.4. The van der Waals surface area contributed by atoms with Gasteiger partial charge in [0.05, 0.1) is 26.1 Å². The van der Waals surface area contributed by atoms with Crippen LogP contribution in [0.3, 0.4) is 0 Å². The number of carbonyl (C=O) groups is 4. The second-order valence-corrected chi connectivity index (χ2v) is 8.78. The summed E-state index contributed by atoms with van der Waals surface area (Å²) < 4.78 is 9.22. The maximum atomic E-state index is 11.4. The third-order valence-electron chi connectivity index (χ3n) is 5.38. The number of methoxy groups -OCH3 is 2. The van der Waals surface area contributed by atoms with E-state index >= 15 is 0 Å². The summed E-state index contributed by atoms with van der Waals surface area (Å²) in [6.07, 6.45) is 8.58. The van der Waals surface area contributed by atoms with Gasteiger partial charge in [-0.05, 0) is 56.1 Å². The van der Waals surface area contributed by atoms with Crippen LogP contribution in [0.5, 0.6) is 0 Å². The fourth-order valence-corrected chi connectivity index (χ4v) is 3.04. The number of carboxylic acids is 1. The van der Waals surface area contributed by atoms with E-state index in [2.05, 4.69) is 29.5 Å². The molecule has 15 heteroatoms. The zero-order valence-electron chi connectivity index (χ0n) is 25.9. The molecule has 0 aromatic heterocycles. The minimum atomic E-state index is -0.858. The van der Waals surface area contributed by atoms with Crippen LogP contribution in [0.25, 0.3) is 20.9 Å². The van der Waals surface area contributed by atoms with Gasteiger partial charge in [-0.25, -0.2) is 0 Å². The van der Waals surface area contributed by atoms with E-state index in [9.17, 15) is 19.2 Å². The first-order valence-corrected chi connectivity index (χ1v) is 13.2. The molecule has 0 aliphatic rings. The molecule has 0 amide bonds. The quantitative estimate of drug-likeness (QED) is 0.0527. The second-order valence-electron chi connectivity index (χ2n) is 8.78. The first-order chi connectivity index (χ1) is 18.6. The van der Waals surface area contributed by atoms with Gasteiger partial charge in [0.2, 0.25) is 0 Å². The standard InChI is InChI=1S/C13H23N3O3.C8H17NO2.C4H7N3O2.K.H/c1-11(13(18)19-2)7-4-3-5-8-12(17)9-6-10-15-16-14;1-7(8(10)11-2)5-3-4-6-9;5-7-6-3-1-2-4(8)9;;/h11H,3-10H2,1-2H3;7H,3-6,9H2,1-2H3;1-3H2,(H,8,9);;/q;;;+1;-1/t11-;7-;;;/m00.../s1. The summed E-state index contributed by atoms with van der Waals surface area (Å²) in [7, 11) is 2.82. The van der Waals surface area contributed by atoms with Crippen molar-refractivity contribution in [2.45, 2.75) is 90.9 Å². The van der Waals surface area contributed by atoms with Crippen molar-refractivity contribution in [3.63, 3.8) is 0 Å². The van der Waals surface area contributed by atoms with Gasteiger partial charge < -0.3 is 21.7 Å². The molecule has 0 aromatic rings. The molecular weight excluding hydrogens is 549 g/mol. The van der Waals surface area contributed by atoms with Gasteiger partial charge in [0.1, 0.15) is 5.78 Å². The largest absolute Gasteiger partial charge is 1.00 e. The number of ketones is 1. The molecule has 0 radical (unpaired) electrons. The molecule has 0 saturated heterocycles. The number of hydrogen-bond donors (Lipinski definition) is 2. The van der Waals surface area contributed by atoms with Gasteiger partial charge >= 0.3 is 69.3 Å². The maximum Gasteiger partial charge on any atom is 1.00 e. The van der Waals surface area contributed by atoms with E-state index < -0.39 is 5.97 Å². The third-order valence-corrected chi connectivity index (χ3v) is 5.38. The number of carbonyl (C=O) groups excluding carboxylic acids is 3. The summed E-state index contributed by atoms with van der Waals surface area (Å²) >= 11 is 0. The van der Waals surface area contributed by atoms with Crippen LogP contribution in [0.1, 0.15) is 92.3 Å². The topological polar surface area (TPSA) is 231 Å². The molecule has 0 spiro atoms. The molecule has 3 N–H and O–H groups in total. The molecule has 226 valence electrons. The van der Waals surface area contributed by atoms with Crippen molar-refractivity contribution in [1.29, 1.82) is 0 Å². The fraction of sp³-hybridized carbons (Fsp3) is 0.840. The van der Waals surface area contributed by atoms with Gasteiger partial charge in [-0.1, -0.05) is 43.3 Å². The van der Waals surface area contributed by atoms with Crippen molar-refractivity contribution in [2.75, 3.05) is 33.9 Å². The van der Waals surface area contributed by atoms with Gasteiger partial charge in [0.25, 0.3) is 0 Å². The Bertz CT molecular complexity index is 779. The Morgan fingerprint density at radius 2 is 1.20 bits per heavy atom. The van der Waals surface area contributed by atoms with E-state index in [4.69, 9.17) is 21.9 Å². The second kappa shape index (κ2) is 35.3. The number of carboxylic acid groups (broad SMARTS) is 1. The Kier molecular flexibility index (Phi) is 40.0. The number of azide groups is 2. The van der Waals surface area contributed by atoms with Crippen LogP contribution >= 0.6 is 0 Å². The summed E-state index contributed by atoms with van der Waals surface area (Å²) in [5, 5.41) is 14.6. The van der Waals surface area contributed by atoms with Gasteiger partial charge in [0, 0.05) is 42.2 Å². The van der Waals surface area contributed by atoms with Crippen molar-refractivity contribution in [1.82, 2.24) is 0 Å². The molecule has 0 bridgehead atoms. The molecule has 0 heterocycles. The van der Waals surface area contributed by atoms with Crippen molar-refractivity contribution in [3.8, 4) is 0 Å². The Balaban J connectivity index is -0.000000168. The number of hydrogen-bond acceptors (Lipinski definition) is 9. The van der Waals surface area contributed by atoms with E-state index in [0.29, 0.717) is 38.8 Å². The molecular formula is C25H48KN7O7. The summed E-state index contributed by atoms with van der Waals surface area (Å²) in [5.74, 6) is -0.982. The number of unbranched alkanes of at least 4 members (excludes halogenated alkanes) is 3. The van der Waals surface area contributed by atoms with E-state index in [1.807, 2.05) is 13.8 Å². The molecule has 40 heavy (non-hydrogen) atoms. The predicted molar refractivity (Wildman–Crippen MR) is 149 cm³/mol. The van der Waals surface area contributed by atoms with Crippen LogP contribution in [0.15, 0.2) is 10.2 Å². The first-order valence-electron chi connectivity index (χ1n) is 13.2. The summed E-state index contributed by atoms with van der Waals surface area (Å²) in [5.41, 5.74) is 21.1. The molecule has 0 fully saturated rings. The number of ether oxygens (including phenoxy) is 2. The predicted octanol–water partition coefficient (Wildman–Crippen LogP) is 2.61. The summed E-state index contributed by atoms with van der Waals surface area (Å²) in [6.45, 7) is 5.09. The minimum Gasteiger partial charge on any atom is -1.00 e. The zero-order chi connectivity index (χ0) is 30.3. The molecule has 0 saturated carbocycles. The summed E-state index contributed by atoms with van der Waals surface area (Å²) in [6, 6.07) is 0. The van der Waals surface area contributed by atoms with E-state index in [1.165, 1.54) is 14.2 Å². The molecule has 2 atom stereocenters. The number of Topliss-reactive ketones (excluding diaryl/α,β-unsaturated/α-hetero) is 1. The monoisotopic (exact) mass is 597 g/mol. The van der Waals surface area contributed by atoms with E-state index in [1.54, 1.807) is 0 Å². The zero-order valence-corrected chi connectivity index (χ0v) is 28.0. The average molecular weight is 598 g/mol. The van der Waals surface area contributed by atoms with Crippen LogP contribution in [-0.4, -0.2) is 62.7 Å². The Labute approximate surface area is 281 Å². The van der Waals surface area contributed by atoms with Crippen molar-refractivity contribution in [3.05, 3.63) is 20.9 Å². The van der Waals surface area contributed by atoms with Crippen LogP contribution in [0.2, 0.25) is 0 Å². The van der Waals surface area contributed by atoms with E-state index in [-0.39, 0.29) is 95.3 Å². The first kappa shape index (κ1) is 45.3. The molecule has 0 aliphatic carbocycles. The van der Waals surface area contributed by atoms with Crippen LogP contribution in [0, 0.1) is 11.8 Å². The molecule has 0 aromatic carbocycles. The average Bonchev–Trinajstić information content (AvgIpc) is 2.92. The molecule has 0 unspecified atom stereocenters. The SMILES string of the molecule is COC(=O)[C@@H](C)CCCCCC(=O)CCCN=[N+]=[N-].COC(=O)[C@@H](C)CCCCN.[H-].[K+].[N-]=[N+]=NCCCC(=O)O. The Morgan fingerprint density at radius 3 is 1.60 bits per heavy atom. The van der Waals surface area contributed by atoms with Crippen LogP contribution < -0.4 is 57.1 Å². The molecule has 14 nitrogen and oxygen atoms in total. The normalized spacial score (nSPS) is 10.7. The molecule has 0 rings (SSSR count). The smallest absolute Gasteiger partial charge is 1.00 e. The number of aliphatic carboxylic acids is 1. The van der Waals surface area contributed by atoms with Gasteiger partial charge in [0.15, 0.2) is 0 Å². The van der Waals surface area contributed by atoms with Gasteiger partial charge in [-0.2, -0.15) is 0 Å². The van der Waals surface area contributed by atoms with Crippen LogP contribution in [0.4, 0.5) is 0 Å². The number of nitrogens with zero attached hydrogens (tertiary/aromatic N) is 6.